The first-order chi connectivity index (χ1) is 8.70. The van der Waals surface area contributed by atoms with Crippen molar-refractivity contribution in [2.24, 2.45) is 0 Å². The topological polar surface area (TPSA) is 54.2 Å². The summed E-state index contributed by atoms with van der Waals surface area (Å²) in [6.07, 6.45) is 4.14. The van der Waals surface area contributed by atoms with E-state index in [1.165, 1.54) is 0 Å². The van der Waals surface area contributed by atoms with E-state index in [0.29, 0.717) is 18.0 Å². The van der Waals surface area contributed by atoms with Crippen molar-refractivity contribution in [1.82, 2.24) is 19.9 Å². The van der Waals surface area contributed by atoms with E-state index in [2.05, 4.69) is 43.6 Å². The lowest BCUT2D eigenvalue weighted by atomic mass is 10.0. The van der Waals surface area contributed by atoms with Gasteiger partial charge in [0, 0.05) is 22.8 Å². The SMILES string of the molecule is CC1CC(Nc2nc3ccc(Br)cn3n2)CCN1. The number of halogens is 1. The van der Waals surface area contributed by atoms with Gasteiger partial charge in [-0.1, -0.05) is 0 Å². The molecule has 2 atom stereocenters. The summed E-state index contributed by atoms with van der Waals surface area (Å²) in [5, 5.41) is 11.3. The predicted octanol–water partition coefficient (Wildman–Crippen LogP) is 2.04. The van der Waals surface area contributed by atoms with Crippen LogP contribution in [0.2, 0.25) is 0 Å². The number of aromatic nitrogens is 3. The zero-order chi connectivity index (χ0) is 12.5. The summed E-state index contributed by atoms with van der Waals surface area (Å²) in [6, 6.07) is 4.94. The summed E-state index contributed by atoms with van der Waals surface area (Å²) in [6.45, 7) is 3.26. The molecule has 18 heavy (non-hydrogen) atoms. The average molecular weight is 310 g/mol. The van der Waals surface area contributed by atoms with Crippen LogP contribution in [0.25, 0.3) is 5.65 Å². The fourth-order valence-electron chi connectivity index (χ4n) is 2.36. The van der Waals surface area contributed by atoms with Crippen LogP contribution in [0.4, 0.5) is 5.95 Å². The zero-order valence-electron chi connectivity index (χ0n) is 10.2. The molecule has 96 valence electrons. The van der Waals surface area contributed by atoms with Gasteiger partial charge >= 0.3 is 0 Å². The third-order valence-corrected chi connectivity index (χ3v) is 3.72. The predicted molar refractivity (Wildman–Crippen MR) is 74.8 cm³/mol. The number of nitrogens with one attached hydrogen (secondary N) is 2. The molecule has 0 saturated carbocycles. The Bertz CT molecular complexity index is 552. The maximum atomic E-state index is 4.47. The quantitative estimate of drug-likeness (QED) is 0.891. The van der Waals surface area contributed by atoms with Gasteiger partial charge in [0.2, 0.25) is 5.95 Å². The van der Waals surface area contributed by atoms with Gasteiger partial charge in [0.15, 0.2) is 5.65 Å². The fraction of sp³-hybridized carbons (Fsp3) is 0.500. The molecule has 2 unspecified atom stereocenters. The Kier molecular flexibility index (Phi) is 3.22. The molecule has 2 N–H and O–H groups in total. The van der Waals surface area contributed by atoms with Crippen LogP contribution >= 0.6 is 15.9 Å². The largest absolute Gasteiger partial charge is 0.350 e. The molecule has 0 spiro atoms. The molecule has 1 fully saturated rings. The lowest BCUT2D eigenvalue weighted by Crippen LogP contribution is -2.41. The molecule has 0 amide bonds. The highest BCUT2D eigenvalue weighted by molar-refractivity contribution is 9.10. The molecule has 3 rings (SSSR count). The normalized spacial score (nSPS) is 24.3. The van der Waals surface area contributed by atoms with Gasteiger partial charge in [0.05, 0.1) is 0 Å². The molecule has 2 aromatic rings. The van der Waals surface area contributed by atoms with Gasteiger partial charge in [-0.05, 0) is 54.4 Å². The Hall–Kier alpha value is -1.14. The van der Waals surface area contributed by atoms with Crippen LogP contribution in [0.1, 0.15) is 19.8 Å². The lowest BCUT2D eigenvalue weighted by Gasteiger charge is -2.28. The van der Waals surface area contributed by atoms with Gasteiger partial charge in [0.1, 0.15) is 0 Å². The molecule has 6 heteroatoms. The third-order valence-electron chi connectivity index (χ3n) is 3.25. The molecule has 1 saturated heterocycles. The second kappa shape index (κ2) is 4.85. The second-order valence-corrected chi connectivity index (χ2v) is 5.72. The Labute approximate surface area is 114 Å². The van der Waals surface area contributed by atoms with Crippen LogP contribution in [-0.4, -0.2) is 33.2 Å². The minimum Gasteiger partial charge on any atom is -0.350 e. The molecule has 1 aliphatic heterocycles. The summed E-state index contributed by atoms with van der Waals surface area (Å²) in [5.41, 5.74) is 0.864. The number of hydrogen-bond donors (Lipinski definition) is 2. The lowest BCUT2D eigenvalue weighted by molar-refractivity contribution is 0.395. The van der Waals surface area contributed by atoms with Crippen molar-refractivity contribution in [3.8, 4) is 0 Å². The van der Waals surface area contributed by atoms with Gasteiger partial charge in [0.25, 0.3) is 0 Å². The minimum atomic E-state index is 0.460. The second-order valence-electron chi connectivity index (χ2n) is 4.81. The number of rotatable bonds is 2. The minimum absolute atomic E-state index is 0.460. The molecule has 0 aromatic carbocycles. The zero-order valence-corrected chi connectivity index (χ0v) is 11.8. The van der Waals surface area contributed by atoms with Gasteiger partial charge < -0.3 is 10.6 Å². The number of anilines is 1. The van der Waals surface area contributed by atoms with Crippen LogP contribution in [0.15, 0.2) is 22.8 Å². The van der Waals surface area contributed by atoms with Crippen LogP contribution in [0.3, 0.4) is 0 Å². The molecule has 0 radical (unpaired) electrons. The molecule has 3 heterocycles. The fourth-order valence-corrected chi connectivity index (χ4v) is 2.69. The molecule has 0 aliphatic carbocycles. The van der Waals surface area contributed by atoms with Crippen molar-refractivity contribution in [3.05, 3.63) is 22.8 Å². The Morgan fingerprint density at radius 1 is 1.50 bits per heavy atom. The summed E-state index contributed by atoms with van der Waals surface area (Å²) in [5.74, 6) is 0.715. The molecule has 0 bridgehead atoms. The monoisotopic (exact) mass is 309 g/mol. The first-order valence-corrected chi connectivity index (χ1v) is 7.02. The average Bonchev–Trinajstić information content (AvgIpc) is 2.70. The molecular weight excluding hydrogens is 294 g/mol. The van der Waals surface area contributed by atoms with Crippen LogP contribution < -0.4 is 10.6 Å². The van der Waals surface area contributed by atoms with Crippen molar-refractivity contribution in [1.29, 1.82) is 0 Å². The Balaban J connectivity index is 1.78. The Morgan fingerprint density at radius 3 is 3.22 bits per heavy atom. The smallest absolute Gasteiger partial charge is 0.243 e. The highest BCUT2D eigenvalue weighted by atomic mass is 79.9. The van der Waals surface area contributed by atoms with Gasteiger partial charge in [-0.25, -0.2) is 4.52 Å². The van der Waals surface area contributed by atoms with E-state index in [0.717, 1.165) is 29.5 Å². The van der Waals surface area contributed by atoms with Crippen LogP contribution in [0.5, 0.6) is 0 Å². The number of fused-ring (bicyclic) bond motifs is 1. The molecule has 1 aliphatic rings. The van der Waals surface area contributed by atoms with Crippen molar-refractivity contribution in [2.45, 2.75) is 31.8 Å². The number of nitrogens with zero attached hydrogens (tertiary/aromatic N) is 3. The van der Waals surface area contributed by atoms with Gasteiger partial charge in [-0.15, -0.1) is 5.10 Å². The molecule has 5 nitrogen and oxygen atoms in total. The number of hydrogen-bond acceptors (Lipinski definition) is 4. The van der Waals surface area contributed by atoms with E-state index >= 15 is 0 Å². The summed E-state index contributed by atoms with van der Waals surface area (Å²) in [7, 11) is 0. The summed E-state index contributed by atoms with van der Waals surface area (Å²) >= 11 is 3.43. The van der Waals surface area contributed by atoms with E-state index in [4.69, 9.17) is 0 Å². The van der Waals surface area contributed by atoms with Crippen molar-refractivity contribution in [3.63, 3.8) is 0 Å². The van der Waals surface area contributed by atoms with E-state index in [-0.39, 0.29) is 0 Å². The van der Waals surface area contributed by atoms with Crippen molar-refractivity contribution >= 4 is 27.5 Å². The Morgan fingerprint density at radius 2 is 2.39 bits per heavy atom. The third kappa shape index (κ3) is 2.49. The van der Waals surface area contributed by atoms with E-state index in [1.54, 1.807) is 4.52 Å². The van der Waals surface area contributed by atoms with E-state index < -0.39 is 0 Å². The van der Waals surface area contributed by atoms with E-state index in [9.17, 15) is 0 Å². The maximum absolute atomic E-state index is 4.47. The standard InChI is InChI=1S/C12H16BrN5/c1-8-6-10(4-5-14-8)15-12-16-11-3-2-9(13)7-18(11)17-12/h2-3,7-8,10,14H,4-6H2,1H3,(H,15,17). The van der Waals surface area contributed by atoms with E-state index in [1.807, 2.05) is 18.3 Å². The van der Waals surface area contributed by atoms with Crippen LogP contribution in [0, 0.1) is 0 Å². The van der Waals surface area contributed by atoms with Gasteiger partial charge in [-0.3, -0.25) is 0 Å². The van der Waals surface area contributed by atoms with Gasteiger partial charge in [-0.2, -0.15) is 4.98 Å². The highest BCUT2D eigenvalue weighted by Crippen LogP contribution is 2.15. The highest BCUT2D eigenvalue weighted by Gasteiger charge is 2.19. The first-order valence-electron chi connectivity index (χ1n) is 6.22. The summed E-state index contributed by atoms with van der Waals surface area (Å²) < 4.78 is 2.79. The molecule has 2 aromatic heterocycles. The number of pyridine rings is 1. The van der Waals surface area contributed by atoms with Crippen LogP contribution in [-0.2, 0) is 0 Å². The molecular formula is C12H16BrN5. The first kappa shape index (κ1) is 11.9. The summed E-state index contributed by atoms with van der Waals surface area (Å²) in [4.78, 5) is 4.47. The maximum Gasteiger partial charge on any atom is 0.243 e. The van der Waals surface area contributed by atoms with Crippen molar-refractivity contribution < 1.29 is 0 Å². The number of piperidine rings is 1. The van der Waals surface area contributed by atoms with Crippen molar-refractivity contribution in [2.75, 3.05) is 11.9 Å².